The molecular weight excluding hydrogens is 272 g/mol. The zero-order valence-corrected chi connectivity index (χ0v) is 12.3. The first-order valence-corrected chi connectivity index (χ1v) is 8.26. The van der Waals surface area contributed by atoms with E-state index in [1.54, 1.807) is 0 Å². The zero-order valence-electron chi connectivity index (χ0n) is 11.5. The van der Waals surface area contributed by atoms with Crippen molar-refractivity contribution in [2.24, 2.45) is 0 Å². The third-order valence-corrected chi connectivity index (χ3v) is 4.79. The summed E-state index contributed by atoms with van der Waals surface area (Å²) >= 11 is 2.01. The topological polar surface area (TPSA) is 32.8 Å². The molecule has 0 N–H and O–H groups in total. The van der Waals surface area contributed by atoms with Crippen molar-refractivity contribution in [1.82, 2.24) is 9.80 Å². The highest BCUT2D eigenvalue weighted by molar-refractivity contribution is 7.99. The summed E-state index contributed by atoms with van der Waals surface area (Å²) in [5.41, 5.74) is 1.16. The van der Waals surface area contributed by atoms with Crippen LogP contribution in [0, 0.1) is 0 Å². The van der Waals surface area contributed by atoms with Crippen LogP contribution in [0.3, 0.4) is 0 Å². The molecule has 1 amide bonds. The molecule has 2 aliphatic rings. The van der Waals surface area contributed by atoms with Crippen LogP contribution in [0.2, 0.25) is 0 Å². The minimum atomic E-state index is -0.176. The standard InChI is InChI=1S/C15H20N2O2S/c18-15-17(10-13-4-2-1-3-5-13)14(12-19-15)11-16-6-8-20-9-7-16/h1-5,14H,6-12H2/t14-/m0/s1. The van der Waals surface area contributed by atoms with Gasteiger partial charge in [0.05, 0.1) is 6.04 Å². The van der Waals surface area contributed by atoms with Crippen molar-refractivity contribution in [3.05, 3.63) is 35.9 Å². The fourth-order valence-electron chi connectivity index (χ4n) is 2.70. The molecule has 2 aliphatic heterocycles. The molecule has 0 saturated carbocycles. The molecule has 1 atom stereocenters. The summed E-state index contributed by atoms with van der Waals surface area (Å²) in [5, 5.41) is 0. The Kier molecular flexibility index (Phi) is 4.47. The van der Waals surface area contributed by atoms with Crippen molar-refractivity contribution in [2.45, 2.75) is 12.6 Å². The summed E-state index contributed by atoms with van der Waals surface area (Å²) in [6.07, 6.45) is -0.176. The first-order chi connectivity index (χ1) is 9.83. The Labute approximate surface area is 124 Å². The predicted molar refractivity (Wildman–Crippen MR) is 80.9 cm³/mol. The lowest BCUT2D eigenvalue weighted by atomic mass is 10.2. The van der Waals surface area contributed by atoms with Crippen molar-refractivity contribution >= 4 is 17.9 Å². The number of benzene rings is 1. The molecule has 20 heavy (non-hydrogen) atoms. The average molecular weight is 292 g/mol. The van der Waals surface area contributed by atoms with Gasteiger partial charge in [-0.05, 0) is 5.56 Å². The molecule has 1 aromatic carbocycles. The van der Waals surface area contributed by atoms with Gasteiger partial charge in [0.2, 0.25) is 0 Å². The average Bonchev–Trinajstić information content (AvgIpc) is 2.83. The molecule has 4 nitrogen and oxygen atoms in total. The smallest absolute Gasteiger partial charge is 0.410 e. The molecule has 108 valence electrons. The number of hydrogen-bond acceptors (Lipinski definition) is 4. The van der Waals surface area contributed by atoms with Crippen LogP contribution in [0.25, 0.3) is 0 Å². The van der Waals surface area contributed by atoms with Crippen LogP contribution >= 0.6 is 11.8 Å². The number of cyclic esters (lactones) is 1. The molecule has 0 bridgehead atoms. The van der Waals surface area contributed by atoms with E-state index in [9.17, 15) is 4.79 Å². The van der Waals surface area contributed by atoms with E-state index < -0.39 is 0 Å². The number of rotatable bonds is 4. The highest BCUT2D eigenvalue weighted by Crippen LogP contribution is 2.19. The van der Waals surface area contributed by atoms with Gasteiger partial charge in [-0.3, -0.25) is 9.80 Å². The summed E-state index contributed by atoms with van der Waals surface area (Å²) in [6, 6.07) is 10.3. The van der Waals surface area contributed by atoms with E-state index >= 15 is 0 Å². The molecule has 3 rings (SSSR count). The molecule has 2 saturated heterocycles. The van der Waals surface area contributed by atoms with Gasteiger partial charge in [0.25, 0.3) is 0 Å². The number of carbonyl (C=O) groups excluding carboxylic acids is 1. The monoisotopic (exact) mass is 292 g/mol. The van der Waals surface area contributed by atoms with Gasteiger partial charge in [0.1, 0.15) is 6.61 Å². The van der Waals surface area contributed by atoms with Crippen molar-refractivity contribution in [3.63, 3.8) is 0 Å². The van der Waals surface area contributed by atoms with Crippen LogP contribution in [-0.4, -0.2) is 59.7 Å². The van der Waals surface area contributed by atoms with Crippen LogP contribution in [0.15, 0.2) is 30.3 Å². The zero-order chi connectivity index (χ0) is 13.8. The van der Waals surface area contributed by atoms with E-state index in [-0.39, 0.29) is 12.1 Å². The molecular formula is C15H20N2O2S. The maximum atomic E-state index is 11.9. The maximum Gasteiger partial charge on any atom is 0.410 e. The van der Waals surface area contributed by atoms with Crippen LogP contribution < -0.4 is 0 Å². The molecule has 2 fully saturated rings. The molecule has 1 aromatic rings. The number of hydrogen-bond donors (Lipinski definition) is 0. The Morgan fingerprint density at radius 2 is 1.95 bits per heavy atom. The third-order valence-electron chi connectivity index (χ3n) is 3.84. The summed E-state index contributed by atoms with van der Waals surface area (Å²) in [4.78, 5) is 16.2. The minimum absolute atomic E-state index is 0.176. The van der Waals surface area contributed by atoms with Gasteiger partial charge < -0.3 is 4.74 Å². The van der Waals surface area contributed by atoms with Gasteiger partial charge in [-0.15, -0.1) is 0 Å². The Hall–Kier alpha value is -1.20. The minimum Gasteiger partial charge on any atom is -0.447 e. The lowest BCUT2D eigenvalue weighted by Crippen LogP contribution is -2.45. The van der Waals surface area contributed by atoms with Crippen molar-refractivity contribution in [2.75, 3.05) is 37.7 Å². The van der Waals surface area contributed by atoms with Crippen LogP contribution in [0.5, 0.6) is 0 Å². The van der Waals surface area contributed by atoms with E-state index in [1.807, 2.05) is 34.9 Å². The summed E-state index contributed by atoms with van der Waals surface area (Å²) in [5.74, 6) is 2.39. The molecule has 0 radical (unpaired) electrons. The molecule has 2 heterocycles. The van der Waals surface area contributed by atoms with E-state index in [0.29, 0.717) is 13.2 Å². The van der Waals surface area contributed by atoms with Crippen molar-refractivity contribution < 1.29 is 9.53 Å². The van der Waals surface area contributed by atoms with E-state index in [0.717, 1.165) is 25.2 Å². The number of carbonyl (C=O) groups is 1. The highest BCUT2D eigenvalue weighted by atomic mass is 32.2. The Bertz CT molecular complexity index is 448. The normalized spacial score (nSPS) is 23.9. The SMILES string of the molecule is O=C1OC[C@H](CN2CCSCC2)N1Cc1ccccc1. The molecule has 0 aliphatic carbocycles. The van der Waals surface area contributed by atoms with Crippen molar-refractivity contribution in [1.29, 1.82) is 0 Å². The first-order valence-electron chi connectivity index (χ1n) is 7.10. The van der Waals surface area contributed by atoms with Gasteiger partial charge in [0, 0.05) is 37.7 Å². The van der Waals surface area contributed by atoms with Gasteiger partial charge in [-0.25, -0.2) is 4.79 Å². The fourth-order valence-corrected chi connectivity index (χ4v) is 3.67. The second-order valence-electron chi connectivity index (χ2n) is 5.26. The second kappa shape index (κ2) is 6.50. The number of thioether (sulfide) groups is 1. The van der Waals surface area contributed by atoms with Crippen molar-refractivity contribution in [3.8, 4) is 0 Å². The molecule has 5 heteroatoms. The van der Waals surface area contributed by atoms with Crippen LogP contribution in [0.1, 0.15) is 5.56 Å². The molecule has 0 spiro atoms. The maximum absolute atomic E-state index is 11.9. The van der Waals surface area contributed by atoms with Gasteiger partial charge in [-0.2, -0.15) is 11.8 Å². The summed E-state index contributed by atoms with van der Waals surface area (Å²) in [7, 11) is 0. The molecule has 0 aromatic heterocycles. The number of amides is 1. The number of nitrogens with zero attached hydrogens (tertiary/aromatic N) is 2. The lowest BCUT2D eigenvalue weighted by molar-refractivity contribution is 0.154. The van der Waals surface area contributed by atoms with E-state index in [1.165, 1.54) is 11.5 Å². The third kappa shape index (κ3) is 3.27. The lowest BCUT2D eigenvalue weighted by Gasteiger charge is -2.31. The van der Waals surface area contributed by atoms with Gasteiger partial charge in [0.15, 0.2) is 0 Å². The fraction of sp³-hybridized carbons (Fsp3) is 0.533. The molecule has 0 unspecified atom stereocenters. The Morgan fingerprint density at radius 1 is 1.20 bits per heavy atom. The van der Waals surface area contributed by atoms with E-state index in [4.69, 9.17) is 4.74 Å². The summed E-state index contributed by atoms with van der Waals surface area (Å²) < 4.78 is 5.25. The summed E-state index contributed by atoms with van der Waals surface area (Å²) in [6.45, 7) is 4.34. The Morgan fingerprint density at radius 3 is 2.70 bits per heavy atom. The van der Waals surface area contributed by atoms with E-state index in [2.05, 4.69) is 17.0 Å². The van der Waals surface area contributed by atoms with Crippen LogP contribution in [-0.2, 0) is 11.3 Å². The highest BCUT2D eigenvalue weighted by Gasteiger charge is 2.34. The van der Waals surface area contributed by atoms with Gasteiger partial charge >= 0.3 is 6.09 Å². The first kappa shape index (κ1) is 13.8. The quantitative estimate of drug-likeness (QED) is 0.850. The number of ether oxygens (including phenoxy) is 1. The predicted octanol–water partition coefficient (Wildman–Crippen LogP) is 2.06. The van der Waals surface area contributed by atoms with Crippen LogP contribution in [0.4, 0.5) is 4.79 Å². The second-order valence-corrected chi connectivity index (χ2v) is 6.48. The Balaban J connectivity index is 1.62. The largest absolute Gasteiger partial charge is 0.447 e. The van der Waals surface area contributed by atoms with Gasteiger partial charge in [-0.1, -0.05) is 30.3 Å².